The molecule has 0 bridgehead atoms. The van der Waals surface area contributed by atoms with Gasteiger partial charge >= 0.3 is 0 Å². The molecule has 1 fully saturated rings. The molecular weight excluding hydrogens is 282 g/mol. The summed E-state index contributed by atoms with van der Waals surface area (Å²) in [6.45, 7) is 13.8. The minimum absolute atomic E-state index is 0.00410. The summed E-state index contributed by atoms with van der Waals surface area (Å²) in [4.78, 5) is 4.73. The molecule has 1 aromatic heterocycles. The Kier molecular flexibility index (Phi) is 4.64. The highest BCUT2D eigenvalue weighted by Crippen LogP contribution is 2.47. The van der Waals surface area contributed by atoms with Gasteiger partial charge in [0.25, 0.3) is 0 Å². The Hall–Kier alpha value is -0.680. The third kappa shape index (κ3) is 4.16. The zero-order chi connectivity index (χ0) is 15.7. The van der Waals surface area contributed by atoms with E-state index in [0.29, 0.717) is 12.0 Å². The molecule has 1 N–H and O–H groups in total. The first-order valence-corrected chi connectivity index (χ1v) is 8.70. The minimum atomic E-state index is -0.279. The van der Waals surface area contributed by atoms with Crippen LogP contribution in [0.25, 0.3) is 0 Å². The maximum atomic E-state index is 6.15. The Morgan fingerprint density at radius 3 is 2.33 bits per heavy atom. The van der Waals surface area contributed by atoms with Crippen LogP contribution in [-0.4, -0.2) is 21.5 Å². The Morgan fingerprint density at radius 2 is 1.81 bits per heavy atom. The van der Waals surface area contributed by atoms with Crippen molar-refractivity contribution in [2.45, 2.75) is 78.4 Å². The minimum Gasteiger partial charge on any atom is -0.367 e. The van der Waals surface area contributed by atoms with Crippen LogP contribution >= 0.6 is 11.5 Å². The Labute approximate surface area is 132 Å². The summed E-state index contributed by atoms with van der Waals surface area (Å²) >= 11 is 1.44. The summed E-state index contributed by atoms with van der Waals surface area (Å²) in [6, 6.07) is 0. The molecule has 1 aromatic rings. The van der Waals surface area contributed by atoms with E-state index >= 15 is 0 Å². The summed E-state index contributed by atoms with van der Waals surface area (Å²) in [5, 5.41) is 4.30. The lowest BCUT2D eigenvalue weighted by atomic mass is 9.70. The van der Waals surface area contributed by atoms with Crippen molar-refractivity contribution in [2.75, 3.05) is 11.9 Å². The molecule has 2 rings (SSSR count). The van der Waals surface area contributed by atoms with Crippen LogP contribution in [0.3, 0.4) is 0 Å². The molecule has 0 unspecified atom stereocenters. The van der Waals surface area contributed by atoms with Crippen LogP contribution in [0.2, 0.25) is 0 Å². The van der Waals surface area contributed by atoms with Crippen LogP contribution in [-0.2, 0) is 10.3 Å². The predicted octanol–water partition coefficient (Wildman–Crippen LogP) is 4.58. The van der Waals surface area contributed by atoms with Crippen LogP contribution in [0.4, 0.5) is 5.13 Å². The molecule has 0 aliphatic heterocycles. The maximum absolute atomic E-state index is 6.15. The molecule has 1 saturated carbocycles. The van der Waals surface area contributed by atoms with Gasteiger partial charge in [0.05, 0.1) is 0 Å². The van der Waals surface area contributed by atoms with Crippen LogP contribution in [0.5, 0.6) is 0 Å². The number of nitrogens with one attached hydrogen (secondary N) is 1. The van der Waals surface area contributed by atoms with Crippen LogP contribution in [0.1, 0.15) is 73.1 Å². The van der Waals surface area contributed by atoms with Crippen molar-refractivity contribution in [1.29, 1.82) is 0 Å². The molecule has 21 heavy (non-hydrogen) atoms. The smallest absolute Gasteiger partial charge is 0.203 e. The molecule has 0 saturated heterocycles. The van der Waals surface area contributed by atoms with Crippen molar-refractivity contribution in [1.82, 2.24) is 9.36 Å². The maximum Gasteiger partial charge on any atom is 0.203 e. The van der Waals surface area contributed by atoms with Gasteiger partial charge in [-0.25, -0.2) is 4.98 Å². The highest BCUT2D eigenvalue weighted by atomic mass is 32.1. The molecular formula is C16H29N3OS. The second kappa shape index (κ2) is 5.84. The summed E-state index contributed by atoms with van der Waals surface area (Å²) in [5.74, 6) is 0.872. The fourth-order valence-electron chi connectivity index (χ4n) is 2.82. The summed E-state index contributed by atoms with van der Waals surface area (Å²) in [6.07, 6.45) is 4.35. The van der Waals surface area contributed by atoms with E-state index in [4.69, 9.17) is 9.72 Å². The Balaban J connectivity index is 2.19. The number of hydrogen-bond donors (Lipinski definition) is 1. The van der Waals surface area contributed by atoms with Gasteiger partial charge in [0.2, 0.25) is 5.13 Å². The molecule has 0 aromatic carbocycles. The molecule has 0 radical (unpaired) electrons. The van der Waals surface area contributed by atoms with Gasteiger partial charge in [0.15, 0.2) is 5.82 Å². The first kappa shape index (κ1) is 16.7. The Bertz CT molecular complexity index is 466. The number of hydrogen-bond acceptors (Lipinski definition) is 5. The van der Waals surface area contributed by atoms with Gasteiger partial charge in [-0.1, -0.05) is 13.8 Å². The quantitative estimate of drug-likeness (QED) is 0.884. The van der Waals surface area contributed by atoms with Gasteiger partial charge in [-0.3, -0.25) is 0 Å². The monoisotopic (exact) mass is 311 g/mol. The topological polar surface area (TPSA) is 47.0 Å². The third-order valence-corrected chi connectivity index (χ3v) is 4.78. The predicted molar refractivity (Wildman–Crippen MR) is 88.8 cm³/mol. The lowest BCUT2D eigenvalue weighted by Crippen LogP contribution is -2.38. The molecule has 0 atom stereocenters. The van der Waals surface area contributed by atoms with Gasteiger partial charge in [0, 0.05) is 23.7 Å². The van der Waals surface area contributed by atoms with E-state index in [1.807, 2.05) is 0 Å². The fraction of sp³-hybridized carbons (Fsp3) is 0.875. The highest BCUT2D eigenvalue weighted by Gasteiger charge is 2.43. The molecule has 4 nitrogen and oxygen atoms in total. The van der Waals surface area contributed by atoms with E-state index in [1.54, 1.807) is 0 Å². The third-order valence-electron chi connectivity index (χ3n) is 4.15. The van der Waals surface area contributed by atoms with E-state index in [2.05, 4.69) is 51.2 Å². The second-order valence-corrected chi connectivity index (χ2v) is 8.64. The molecule has 1 aliphatic carbocycles. The lowest BCUT2D eigenvalue weighted by Gasteiger charge is -2.41. The van der Waals surface area contributed by atoms with Crippen LogP contribution in [0.15, 0.2) is 0 Å². The van der Waals surface area contributed by atoms with Crippen LogP contribution in [0, 0.1) is 5.41 Å². The Morgan fingerprint density at radius 1 is 1.19 bits per heavy atom. The van der Waals surface area contributed by atoms with Crippen molar-refractivity contribution in [2.24, 2.45) is 5.41 Å². The normalized spacial score (nSPS) is 21.2. The average Bonchev–Trinajstić information content (AvgIpc) is 2.79. The molecule has 1 heterocycles. The fourth-order valence-corrected chi connectivity index (χ4v) is 3.68. The average molecular weight is 311 g/mol. The zero-order valence-electron chi connectivity index (χ0n) is 14.2. The first-order valence-electron chi connectivity index (χ1n) is 7.92. The van der Waals surface area contributed by atoms with Gasteiger partial charge in [-0.15, -0.1) is 0 Å². The van der Waals surface area contributed by atoms with Gasteiger partial charge in [-0.2, -0.15) is 4.37 Å². The van der Waals surface area contributed by atoms with Crippen LogP contribution < -0.4 is 5.32 Å². The van der Waals surface area contributed by atoms with Gasteiger partial charge in [-0.05, 0) is 58.8 Å². The van der Waals surface area contributed by atoms with E-state index in [9.17, 15) is 0 Å². The van der Waals surface area contributed by atoms with Crippen molar-refractivity contribution in [3.05, 3.63) is 5.82 Å². The lowest BCUT2D eigenvalue weighted by molar-refractivity contribution is -0.0940. The van der Waals surface area contributed by atoms with E-state index < -0.39 is 0 Å². The summed E-state index contributed by atoms with van der Waals surface area (Å²) in [7, 11) is 0. The van der Waals surface area contributed by atoms with E-state index in [1.165, 1.54) is 11.5 Å². The number of nitrogens with zero attached hydrogens (tertiary/aromatic N) is 2. The van der Waals surface area contributed by atoms with Crippen molar-refractivity contribution in [3.8, 4) is 0 Å². The first-order chi connectivity index (χ1) is 9.66. The number of aromatic nitrogens is 2. The van der Waals surface area contributed by atoms with Crippen molar-refractivity contribution >= 4 is 16.7 Å². The summed E-state index contributed by atoms with van der Waals surface area (Å²) < 4.78 is 10.8. The number of rotatable bonds is 4. The molecule has 0 spiro atoms. The van der Waals surface area contributed by atoms with Crippen molar-refractivity contribution in [3.63, 3.8) is 0 Å². The van der Waals surface area contributed by atoms with E-state index in [0.717, 1.165) is 36.6 Å². The standard InChI is InChI=1S/C16H29N3OS/c1-7-20-16(10-8-15(5,6)9-11-16)12-17-13(21-19-12)18-14(2,3)4/h7-11H2,1-6H3,(H,17,18,19). The van der Waals surface area contributed by atoms with Crippen molar-refractivity contribution < 1.29 is 4.74 Å². The van der Waals surface area contributed by atoms with Gasteiger partial charge < -0.3 is 10.1 Å². The molecule has 0 amide bonds. The second-order valence-electron chi connectivity index (χ2n) is 7.89. The zero-order valence-corrected chi connectivity index (χ0v) is 15.1. The highest BCUT2D eigenvalue weighted by molar-refractivity contribution is 7.09. The van der Waals surface area contributed by atoms with Gasteiger partial charge in [0.1, 0.15) is 5.60 Å². The largest absolute Gasteiger partial charge is 0.367 e. The molecule has 120 valence electrons. The number of ether oxygens (including phenoxy) is 1. The SMILES string of the molecule is CCOC1(c2nsc(NC(C)(C)C)n2)CCC(C)(C)CC1. The summed E-state index contributed by atoms with van der Waals surface area (Å²) in [5.41, 5.74) is 0.131. The molecule has 1 aliphatic rings. The van der Waals surface area contributed by atoms with E-state index in [-0.39, 0.29) is 11.1 Å². The number of anilines is 1. The molecule has 5 heteroatoms.